The van der Waals surface area contributed by atoms with Gasteiger partial charge in [0.1, 0.15) is 0 Å². The Morgan fingerprint density at radius 1 is 1.67 bits per heavy atom. The van der Waals surface area contributed by atoms with Crippen LogP contribution < -0.4 is 0 Å². The Balaban J connectivity index is 3.48. The average Bonchev–Trinajstić information content (AvgIpc) is 1.35. The lowest BCUT2D eigenvalue weighted by Crippen LogP contribution is -1.64. The SMILES string of the molecule is O=P(F)(F)OO. The van der Waals surface area contributed by atoms with Gasteiger partial charge in [-0.15, -0.1) is 13.1 Å². The van der Waals surface area contributed by atoms with Gasteiger partial charge in [0.2, 0.25) is 0 Å². The van der Waals surface area contributed by atoms with Gasteiger partial charge in [-0.1, -0.05) is 0 Å². The van der Waals surface area contributed by atoms with E-state index in [0.717, 1.165) is 0 Å². The van der Waals surface area contributed by atoms with Crippen molar-refractivity contribution in [3.8, 4) is 0 Å². The van der Waals surface area contributed by atoms with Crippen molar-refractivity contribution in [3.05, 3.63) is 0 Å². The van der Waals surface area contributed by atoms with Crippen LogP contribution in [0.1, 0.15) is 0 Å². The van der Waals surface area contributed by atoms with Crippen molar-refractivity contribution in [2.24, 2.45) is 0 Å². The highest BCUT2D eigenvalue weighted by molar-refractivity contribution is 7.47. The van der Waals surface area contributed by atoms with E-state index < -0.39 is 7.99 Å². The molecule has 0 aliphatic heterocycles. The molecule has 6 heavy (non-hydrogen) atoms. The van der Waals surface area contributed by atoms with Crippen LogP contribution in [0.2, 0.25) is 0 Å². The molecule has 0 aromatic heterocycles. The molecule has 38 valence electrons. The van der Waals surface area contributed by atoms with E-state index in [1.165, 1.54) is 0 Å². The Morgan fingerprint density at radius 3 is 1.83 bits per heavy atom. The first-order chi connectivity index (χ1) is 2.56. The first-order valence-corrected chi connectivity index (χ1v) is 2.29. The van der Waals surface area contributed by atoms with Gasteiger partial charge in [-0.05, 0) is 0 Å². The lowest BCUT2D eigenvalue weighted by atomic mass is 15.0. The van der Waals surface area contributed by atoms with Gasteiger partial charge in [0.25, 0.3) is 0 Å². The molecule has 0 saturated carbocycles. The van der Waals surface area contributed by atoms with Gasteiger partial charge in [-0.3, -0.25) is 0 Å². The molecule has 0 radical (unpaired) electrons. The third kappa shape index (κ3) is 4.01. The van der Waals surface area contributed by atoms with Crippen molar-refractivity contribution in [1.82, 2.24) is 0 Å². The van der Waals surface area contributed by atoms with Crippen molar-refractivity contribution < 1.29 is 22.9 Å². The molecule has 1 N–H and O–H groups in total. The Labute approximate surface area is 32.2 Å². The summed E-state index contributed by atoms with van der Waals surface area (Å²) in [4.78, 5) is 0. The van der Waals surface area contributed by atoms with E-state index in [1.807, 2.05) is 0 Å². The van der Waals surface area contributed by atoms with Crippen LogP contribution in [0.5, 0.6) is 0 Å². The maximum absolute atomic E-state index is 10.5. The second-order valence-corrected chi connectivity index (χ2v) is 1.49. The minimum absolute atomic E-state index is 2.16. The van der Waals surface area contributed by atoms with Gasteiger partial charge in [0.15, 0.2) is 0 Å². The van der Waals surface area contributed by atoms with Gasteiger partial charge in [-0.2, -0.15) is 0 Å². The summed E-state index contributed by atoms with van der Waals surface area (Å²) in [6.07, 6.45) is 0. The molecule has 0 atom stereocenters. The van der Waals surface area contributed by atoms with Crippen LogP contribution >= 0.6 is 7.99 Å². The van der Waals surface area contributed by atoms with Crippen LogP contribution in [0.4, 0.5) is 8.39 Å². The molecule has 0 aromatic carbocycles. The van der Waals surface area contributed by atoms with Crippen molar-refractivity contribution in [2.75, 3.05) is 0 Å². The van der Waals surface area contributed by atoms with Crippen LogP contribution in [0, 0.1) is 0 Å². The van der Waals surface area contributed by atoms with Gasteiger partial charge in [0, 0.05) is 0 Å². The van der Waals surface area contributed by atoms with Gasteiger partial charge in [-0.25, -0.2) is 9.82 Å². The summed E-state index contributed by atoms with van der Waals surface area (Å²) in [5, 5.41) is 6.89. The molecule has 0 unspecified atom stereocenters. The molecule has 6 heteroatoms. The van der Waals surface area contributed by atoms with Crippen LogP contribution in [0.15, 0.2) is 0 Å². The van der Waals surface area contributed by atoms with Gasteiger partial charge < -0.3 is 0 Å². The standard InChI is InChI=1S/F2HO3P/c1-6(2,4)5-3/h3H. The zero-order valence-corrected chi connectivity index (χ0v) is 3.36. The molecule has 0 aromatic rings. The number of hydrogen-bond donors (Lipinski definition) is 1. The van der Waals surface area contributed by atoms with E-state index in [4.69, 9.17) is 9.82 Å². The Hall–Kier alpha value is 0.01000. The summed E-state index contributed by atoms with van der Waals surface area (Å²) in [7, 11) is -5.59. The first kappa shape index (κ1) is 6.01. The molecule has 0 aliphatic carbocycles. The lowest BCUT2D eigenvalue weighted by molar-refractivity contribution is -0.148. The van der Waals surface area contributed by atoms with Crippen molar-refractivity contribution in [3.63, 3.8) is 0 Å². The Kier molecular flexibility index (Phi) is 1.64. The largest absolute Gasteiger partial charge is 0.579 e. The highest BCUT2D eigenvalue weighted by Crippen LogP contribution is 2.48. The Morgan fingerprint density at radius 2 is 1.83 bits per heavy atom. The molecule has 0 aliphatic rings. The maximum Gasteiger partial charge on any atom is 0.579 e. The Bertz CT molecular complexity index is 72.9. The fourth-order valence-electron chi connectivity index (χ4n) is 0. The second-order valence-electron chi connectivity index (χ2n) is 0.496. The van der Waals surface area contributed by atoms with Crippen LogP contribution in [0.3, 0.4) is 0 Å². The van der Waals surface area contributed by atoms with Crippen molar-refractivity contribution >= 4 is 7.99 Å². The van der Waals surface area contributed by atoms with E-state index >= 15 is 0 Å². The monoisotopic (exact) mass is 118 g/mol. The van der Waals surface area contributed by atoms with E-state index in [1.54, 1.807) is 0 Å². The van der Waals surface area contributed by atoms with Crippen LogP contribution in [0.25, 0.3) is 0 Å². The zero-order valence-electron chi connectivity index (χ0n) is 2.47. The predicted molar refractivity (Wildman–Crippen MR) is 13.5 cm³/mol. The number of hydrogen-bond acceptors (Lipinski definition) is 3. The quantitative estimate of drug-likeness (QED) is 0.322. The lowest BCUT2D eigenvalue weighted by Gasteiger charge is -1.83. The summed E-state index contributed by atoms with van der Waals surface area (Å²) in [5.74, 6) is 0. The number of halogens is 2. The minimum Gasteiger partial charge on any atom is -0.241 e. The van der Waals surface area contributed by atoms with E-state index in [0.29, 0.717) is 0 Å². The van der Waals surface area contributed by atoms with E-state index in [9.17, 15) is 8.39 Å². The van der Waals surface area contributed by atoms with Gasteiger partial charge >= 0.3 is 7.99 Å². The van der Waals surface area contributed by atoms with Crippen molar-refractivity contribution in [1.29, 1.82) is 0 Å². The topological polar surface area (TPSA) is 46.5 Å². The fourth-order valence-corrected chi connectivity index (χ4v) is 0. The molecular weight excluding hydrogens is 117 g/mol. The summed E-state index contributed by atoms with van der Waals surface area (Å²) in [6.45, 7) is 0. The molecular formula is HF2O3P. The predicted octanol–water partition coefficient (Wildman–Crippen LogP) is 1.52. The zero-order chi connectivity index (χ0) is 5.21. The molecule has 3 nitrogen and oxygen atoms in total. The smallest absolute Gasteiger partial charge is 0.241 e. The second kappa shape index (κ2) is 1.64. The van der Waals surface area contributed by atoms with E-state index in [-0.39, 0.29) is 0 Å². The summed E-state index contributed by atoms with van der Waals surface area (Å²) in [6, 6.07) is 0. The van der Waals surface area contributed by atoms with Crippen molar-refractivity contribution in [2.45, 2.75) is 0 Å². The molecule has 0 amide bonds. The summed E-state index contributed by atoms with van der Waals surface area (Å²) in [5.41, 5.74) is 0. The third-order valence-corrected chi connectivity index (χ3v) is 0.285. The van der Waals surface area contributed by atoms with E-state index in [2.05, 4.69) is 4.67 Å². The molecule has 0 bridgehead atoms. The molecule has 0 heterocycles. The molecule has 0 fully saturated rings. The highest BCUT2D eigenvalue weighted by Gasteiger charge is 2.18. The van der Waals surface area contributed by atoms with Gasteiger partial charge in [0.05, 0.1) is 0 Å². The molecule has 0 saturated heterocycles. The van der Waals surface area contributed by atoms with Crippen LogP contribution in [-0.2, 0) is 9.24 Å². The van der Waals surface area contributed by atoms with Crippen LogP contribution in [-0.4, -0.2) is 5.26 Å². The summed E-state index contributed by atoms with van der Waals surface area (Å²) >= 11 is 0. The third-order valence-electron chi connectivity index (χ3n) is 0.0951. The first-order valence-electron chi connectivity index (χ1n) is 0.886. The summed E-state index contributed by atoms with van der Waals surface area (Å²) < 4.78 is 32.0. The molecule has 0 rings (SSSR count). The maximum atomic E-state index is 10.5. The normalized spacial score (nSPS) is 11.8. The highest BCUT2D eigenvalue weighted by atomic mass is 31.2. The fraction of sp³-hybridized carbons (Fsp3) is 0. The molecule has 0 spiro atoms. The minimum atomic E-state index is -5.59. The number of rotatable bonds is 1. The average molecular weight is 118 g/mol.